The number of carbonyl (C=O) groups excluding carboxylic acids is 1. The van der Waals surface area contributed by atoms with E-state index in [-0.39, 0.29) is 6.04 Å². The van der Waals surface area contributed by atoms with E-state index in [4.69, 9.17) is 0 Å². The van der Waals surface area contributed by atoms with Gasteiger partial charge in [-0.3, -0.25) is 14.9 Å². The average molecular weight is 296 g/mol. The van der Waals surface area contributed by atoms with Crippen LogP contribution in [0.25, 0.3) is 0 Å². The summed E-state index contributed by atoms with van der Waals surface area (Å²) in [4.78, 5) is 21.8. The first-order chi connectivity index (χ1) is 9.99. The highest BCUT2D eigenvalue weighted by Gasteiger charge is 2.43. The standard InChI is InChI=1S/C14H14F2N2O3/c15-9-5-6-10(18(20)21)12(16)11(9)14(19)17-13(7-1-2-7)8-3-4-8/h5-8,13H,1-4H2,(H,17,19). The van der Waals surface area contributed by atoms with E-state index in [1.54, 1.807) is 0 Å². The fraction of sp³-hybridized carbons (Fsp3) is 0.500. The molecule has 1 amide bonds. The van der Waals surface area contributed by atoms with E-state index in [1.165, 1.54) is 0 Å². The minimum atomic E-state index is -1.41. The first kappa shape index (κ1) is 13.9. The van der Waals surface area contributed by atoms with Crippen LogP contribution < -0.4 is 5.32 Å². The third-order valence-corrected chi connectivity index (χ3v) is 4.05. The molecule has 21 heavy (non-hydrogen) atoms. The molecule has 0 saturated heterocycles. The van der Waals surface area contributed by atoms with Crippen LogP contribution in [0.4, 0.5) is 14.5 Å². The Bertz CT molecular complexity index is 600. The first-order valence-electron chi connectivity index (χ1n) is 6.92. The lowest BCUT2D eigenvalue weighted by Crippen LogP contribution is -2.39. The zero-order chi connectivity index (χ0) is 15.1. The number of hydrogen-bond donors (Lipinski definition) is 1. The summed E-state index contributed by atoms with van der Waals surface area (Å²) in [5.74, 6) is -2.67. The number of nitrogens with zero attached hydrogens (tertiary/aromatic N) is 1. The number of halogens is 2. The number of amides is 1. The number of nitro benzene ring substituents is 1. The summed E-state index contributed by atoms with van der Waals surface area (Å²) in [7, 11) is 0. The highest BCUT2D eigenvalue weighted by atomic mass is 19.1. The van der Waals surface area contributed by atoms with Crippen molar-refractivity contribution in [1.82, 2.24) is 5.32 Å². The molecule has 0 aliphatic heterocycles. The van der Waals surface area contributed by atoms with E-state index in [9.17, 15) is 23.7 Å². The fourth-order valence-corrected chi connectivity index (χ4v) is 2.65. The van der Waals surface area contributed by atoms with Crippen LogP contribution in [-0.2, 0) is 0 Å². The molecule has 112 valence electrons. The van der Waals surface area contributed by atoms with Gasteiger partial charge in [0.15, 0.2) is 0 Å². The maximum atomic E-state index is 14.0. The van der Waals surface area contributed by atoms with Crippen molar-refractivity contribution >= 4 is 11.6 Å². The zero-order valence-electron chi connectivity index (χ0n) is 11.1. The van der Waals surface area contributed by atoms with Gasteiger partial charge >= 0.3 is 5.69 Å². The van der Waals surface area contributed by atoms with Crippen LogP contribution in [0.15, 0.2) is 12.1 Å². The molecule has 0 aromatic heterocycles. The summed E-state index contributed by atoms with van der Waals surface area (Å²) in [5.41, 5.74) is -1.76. The van der Waals surface area contributed by atoms with Crippen LogP contribution in [0, 0.1) is 33.6 Å². The second-order valence-corrected chi connectivity index (χ2v) is 5.69. The first-order valence-corrected chi connectivity index (χ1v) is 6.92. The van der Waals surface area contributed by atoms with Crippen LogP contribution in [-0.4, -0.2) is 16.9 Å². The predicted molar refractivity (Wildman–Crippen MR) is 69.7 cm³/mol. The van der Waals surface area contributed by atoms with Gasteiger partial charge in [-0.05, 0) is 43.6 Å². The van der Waals surface area contributed by atoms with Crippen molar-refractivity contribution in [3.8, 4) is 0 Å². The van der Waals surface area contributed by atoms with E-state index in [0.29, 0.717) is 11.8 Å². The Morgan fingerprint density at radius 2 is 1.81 bits per heavy atom. The summed E-state index contributed by atoms with van der Waals surface area (Å²) < 4.78 is 27.7. The number of benzene rings is 1. The van der Waals surface area contributed by atoms with Gasteiger partial charge in [0.1, 0.15) is 11.4 Å². The maximum Gasteiger partial charge on any atom is 0.305 e. The summed E-state index contributed by atoms with van der Waals surface area (Å²) >= 11 is 0. The molecule has 3 rings (SSSR count). The van der Waals surface area contributed by atoms with Crippen LogP contribution >= 0.6 is 0 Å². The van der Waals surface area contributed by atoms with Crippen molar-refractivity contribution in [3.05, 3.63) is 39.4 Å². The summed E-state index contributed by atoms with van der Waals surface area (Å²) in [6.07, 6.45) is 4.01. The Labute approximate surface area is 119 Å². The van der Waals surface area contributed by atoms with E-state index in [1.807, 2.05) is 0 Å². The highest BCUT2D eigenvalue weighted by molar-refractivity contribution is 5.95. The van der Waals surface area contributed by atoms with Crippen molar-refractivity contribution in [2.45, 2.75) is 31.7 Å². The lowest BCUT2D eigenvalue weighted by atomic mass is 10.1. The highest BCUT2D eigenvalue weighted by Crippen LogP contribution is 2.44. The molecule has 1 aromatic rings. The van der Waals surface area contributed by atoms with E-state index >= 15 is 0 Å². The lowest BCUT2D eigenvalue weighted by Gasteiger charge is -2.18. The van der Waals surface area contributed by atoms with Crippen LogP contribution in [0.2, 0.25) is 0 Å². The third-order valence-electron chi connectivity index (χ3n) is 4.05. The average Bonchev–Trinajstić information content (AvgIpc) is 3.26. The van der Waals surface area contributed by atoms with E-state index < -0.39 is 33.7 Å². The maximum absolute atomic E-state index is 14.0. The topological polar surface area (TPSA) is 72.2 Å². The van der Waals surface area contributed by atoms with E-state index in [0.717, 1.165) is 37.8 Å². The largest absolute Gasteiger partial charge is 0.349 e. The number of rotatable bonds is 5. The zero-order valence-corrected chi connectivity index (χ0v) is 11.1. The summed E-state index contributed by atoms with van der Waals surface area (Å²) in [5, 5.41) is 13.3. The number of nitrogens with one attached hydrogen (secondary N) is 1. The summed E-state index contributed by atoms with van der Waals surface area (Å²) in [6, 6.07) is 1.40. The molecule has 1 N–H and O–H groups in total. The molecule has 0 bridgehead atoms. The van der Waals surface area contributed by atoms with Gasteiger partial charge in [0, 0.05) is 12.1 Å². The van der Waals surface area contributed by atoms with Gasteiger partial charge in [-0.15, -0.1) is 0 Å². The van der Waals surface area contributed by atoms with Crippen LogP contribution in [0.5, 0.6) is 0 Å². The molecular formula is C14H14F2N2O3. The molecular weight excluding hydrogens is 282 g/mol. The Balaban J connectivity index is 1.86. The van der Waals surface area contributed by atoms with Crippen LogP contribution in [0.3, 0.4) is 0 Å². The predicted octanol–water partition coefficient (Wildman–Crippen LogP) is 2.79. The second-order valence-electron chi connectivity index (χ2n) is 5.69. The number of hydrogen-bond acceptors (Lipinski definition) is 3. The molecule has 2 fully saturated rings. The van der Waals surface area contributed by atoms with Gasteiger partial charge in [-0.2, -0.15) is 4.39 Å². The van der Waals surface area contributed by atoms with Crippen molar-refractivity contribution < 1.29 is 18.5 Å². The van der Waals surface area contributed by atoms with Gasteiger partial charge in [-0.25, -0.2) is 4.39 Å². The molecule has 1 aromatic carbocycles. The smallest absolute Gasteiger partial charge is 0.305 e. The number of nitro groups is 1. The molecule has 5 nitrogen and oxygen atoms in total. The minimum absolute atomic E-state index is 0.0736. The Hall–Kier alpha value is -2.05. The lowest BCUT2D eigenvalue weighted by molar-refractivity contribution is -0.387. The summed E-state index contributed by atoms with van der Waals surface area (Å²) in [6.45, 7) is 0. The van der Waals surface area contributed by atoms with Gasteiger partial charge in [-0.1, -0.05) is 0 Å². The van der Waals surface area contributed by atoms with Gasteiger partial charge in [0.2, 0.25) is 5.82 Å². The molecule has 0 unspecified atom stereocenters. The van der Waals surface area contributed by atoms with Gasteiger partial charge in [0.25, 0.3) is 5.91 Å². The van der Waals surface area contributed by atoms with Crippen molar-refractivity contribution in [2.75, 3.05) is 0 Å². The Morgan fingerprint density at radius 1 is 1.24 bits per heavy atom. The third kappa shape index (κ3) is 2.72. The van der Waals surface area contributed by atoms with Gasteiger partial charge < -0.3 is 5.32 Å². The Morgan fingerprint density at radius 3 is 2.29 bits per heavy atom. The monoisotopic (exact) mass is 296 g/mol. The molecule has 2 aliphatic carbocycles. The van der Waals surface area contributed by atoms with Crippen LogP contribution in [0.1, 0.15) is 36.0 Å². The van der Waals surface area contributed by atoms with Crippen molar-refractivity contribution in [3.63, 3.8) is 0 Å². The molecule has 0 atom stereocenters. The fourth-order valence-electron chi connectivity index (χ4n) is 2.65. The molecule has 2 saturated carbocycles. The molecule has 2 aliphatic rings. The minimum Gasteiger partial charge on any atom is -0.349 e. The van der Waals surface area contributed by atoms with E-state index in [2.05, 4.69) is 5.32 Å². The second kappa shape index (κ2) is 5.05. The molecule has 0 spiro atoms. The molecule has 0 heterocycles. The molecule has 7 heteroatoms. The SMILES string of the molecule is O=C(NC(C1CC1)C1CC1)c1c(F)ccc([N+](=O)[O-])c1F. The van der Waals surface area contributed by atoms with Crippen molar-refractivity contribution in [2.24, 2.45) is 11.8 Å². The van der Waals surface area contributed by atoms with Crippen molar-refractivity contribution in [1.29, 1.82) is 0 Å². The molecule has 0 radical (unpaired) electrons. The Kier molecular flexibility index (Phi) is 3.35. The van der Waals surface area contributed by atoms with Gasteiger partial charge in [0.05, 0.1) is 4.92 Å². The number of carbonyl (C=O) groups is 1. The normalized spacial score (nSPS) is 17.9. The quantitative estimate of drug-likeness (QED) is 0.670.